The highest BCUT2D eigenvalue weighted by atomic mass is 16.5. The number of nitrogens with one attached hydrogen (secondary N) is 1. The predicted octanol–water partition coefficient (Wildman–Crippen LogP) is 1.89. The highest BCUT2D eigenvalue weighted by Gasteiger charge is 2.03. The molecule has 0 aliphatic heterocycles. The Labute approximate surface area is 119 Å². The van der Waals surface area contributed by atoms with Gasteiger partial charge < -0.3 is 14.8 Å². The van der Waals surface area contributed by atoms with Crippen molar-refractivity contribution in [3.63, 3.8) is 0 Å². The maximum absolute atomic E-state index is 5.14. The van der Waals surface area contributed by atoms with E-state index in [9.17, 15) is 0 Å². The Morgan fingerprint density at radius 1 is 1.10 bits per heavy atom. The van der Waals surface area contributed by atoms with E-state index in [-0.39, 0.29) is 0 Å². The van der Waals surface area contributed by atoms with E-state index in [4.69, 9.17) is 9.47 Å². The van der Waals surface area contributed by atoms with Gasteiger partial charge in [-0.1, -0.05) is 0 Å². The molecular formula is C15H19N3O2. The summed E-state index contributed by atoms with van der Waals surface area (Å²) in [6.07, 6.45) is 1.78. The second kappa shape index (κ2) is 7.57. The third kappa shape index (κ3) is 4.01. The van der Waals surface area contributed by atoms with Gasteiger partial charge in [0.1, 0.15) is 5.75 Å². The van der Waals surface area contributed by atoms with Crippen LogP contribution in [-0.4, -0.2) is 37.3 Å². The molecule has 1 aromatic heterocycles. The van der Waals surface area contributed by atoms with Crippen LogP contribution in [0.5, 0.6) is 5.75 Å². The summed E-state index contributed by atoms with van der Waals surface area (Å²) in [7, 11) is 3.34. The van der Waals surface area contributed by atoms with Gasteiger partial charge in [-0.2, -0.15) is 0 Å². The Balaban J connectivity index is 2.04. The van der Waals surface area contributed by atoms with Crippen molar-refractivity contribution in [3.05, 3.63) is 42.2 Å². The number of benzene rings is 1. The number of hydrogen-bond donors (Lipinski definition) is 1. The van der Waals surface area contributed by atoms with E-state index in [0.717, 1.165) is 29.4 Å². The summed E-state index contributed by atoms with van der Waals surface area (Å²) in [6, 6.07) is 9.63. The van der Waals surface area contributed by atoms with Crippen molar-refractivity contribution in [3.8, 4) is 17.1 Å². The largest absolute Gasteiger partial charge is 0.497 e. The molecule has 0 amide bonds. The zero-order valence-corrected chi connectivity index (χ0v) is 11.8. The average Bonchev–Trinajstić information content (AvgIpc) is 2.52. The van der Waals surface area contributed by atoms with Crippen LogP contribution in [0.3, 0.4) is 0 Å². The summed E-state index contributed by atoms with van der Waals surface area (Å²) in [5, 5.41) is 3.26. The minimum atomic E-state index is 0.691. The summed E-state index contributed by atoms with van der Waals surface area (Å²) < 4.78 is 10.1. The molecular weight excluding hydrogens is 254 g/mol. The van der Waals surface area contributed by atoms with Gasteiger partial charge in [-0.3, -0.25) is 0 Å². The summed E-state index contributed by atoms with van der Waals surface area (Å²) in [5.41, 5.74) is 1.94. The number of ether oxygens (including phenoxy) is 2. The zero-order chi connectivity index (χ0) is 14.2. The lowest BCUT2D eigenvalue weighted by Gasteiger charge is -2.06. The topological polar surface area (TPSA) is 56.3 Å². The highest BCUT2D eigenvalue weighted by molar-refractivity contribution is 5.56. The molecule has 0 radical (unpaired) electrons. The Morgan fingerprint density at radius 2 is 1.90 bits per heavy atom. The molecule has 0 aliphatic rings. The van der Waals surface area contributed by atoms with E-state index in [0.29, 0.717) is 13.2 Å². The van der Waals surface area contributed by atoms with Crippen LogP contribution in [-0.2, 0) is 11.3 Å². The van der Waals surface area contributed by atoms with Crippen LogP contribution in [0.15, 0.2) is 36.5 Å². The molecule has 20 heavy (non-hydrogen) atoms. The minimum absolute atomic E-state index is 0.691. The molecule has 0 saturated carbocycles. The molecule has 0 atom stereocenters. The van der Waals surface area contributed by atoms with Crippen LogP contribution in [0.2, 0.25) is 0 Å². The van der Waals surface area contributed by atoms with E-state index in [2.05, 4.69) is 15.3 Å². The first kappa shape index (κ1) is 14.4. The lowest BCUT2D eigenvalue weighted by Crippen LogP contribution is -2.19. The normalized spacial score (nSPS) is 10.5. The third-order valence-corrected chi connectivity index (χ3v) is 2.85. The van der Waals surface area contributed by atoms with Crippen molar-refractivity contribution in [2.45, 2.75) is 6.54 Å². The number of aromatic nitrogens is 2. The second-order valence-corrected chi connectivity index (χ2v) is 4.27. The first-order chi connectivity index (χ1) is 9.83. The van der Waals surface area contributed by atoms with Crippen molar-refractivity contribution in [2.24, 2.45) is 0 Å². The summed E-state index contributed by atoms with van der Waals surface area (Å²) in [6.45, 7) is 2.20. The smallest absolute Gasteiger partial charge is 0.159 e. The third-order valence-electron chi connectivity index (χ3n) is 2.85. The molecule has 2 aromatic rings. The number of hydrogen-bond acceptors (Lipinski definition) is 5. The molecule has 0 fully saturated rings. The Kier molecular flexibility index (Phi) is 5.46. The van der Waals surface area contributed by atoms with E-state index in [1.807, 2.05) is 30.3 Å². The average molecular weight is 273 g/mol. The Morgan fingerprint density at radius 3 is 2.60 bits per heavy atom. The molecule has 5 heteroatoms. The Hall–Kier alpha value is -1.98. The number of nitrogens with zero attached hydrogens (tertiary/aromatic N) is 2. The maximum atomic E-state index is 5.14. The molecule has 1 aromatic carbocycles. The van der Waals surface area contributed by atoms with Crippen LogP contribution in [0.4, 0.5) is 0 Å². The summed E-state index contributed by atoms with van der Waals surface area (Å²) in [4.78, 5) is 8.85. The van der Waals surface area contributed by atoms with E-state index in [1.165, 1.54) is 0 Å². The van der Waals surface area contributed by atoms with Gasteiger partial charge in [0.2, 0.25) is 0 Å². The van der Waals surface area contributed by atoms with Crippen LogP contribution in [0.25, 0.3) is 11.4 Å². The van der Waals surface area contributed by atoms with Crippen molar-refractivity contribution in [2.75, 3.05) is 27.4 Å². The van der Waals surface area contributed by atoms with E-state index in [1.54, 1.807) is 20.4 Å². The highest BCUT2D eigenvalue weighted by Crippen LogP contribution is 2.18. The minimum Gasteiger partial charge on any atom is -0.497 e. The fraction of sp³-hybridized carbons (Fsp3) is 0.333. The lowest BCUT2D eigenvalue weighted by atomic mass is 10.2. The second-order valence-electron chi connectivity index (χ2n) is 4.27. The standard InChI is InChI=1S/C15H19N3O2/c1-19-10-9-16-11-13-7-8-17-15(18-13)12-3-5-14(20-2)6-4-12/h3-8,16H,9-11H2,1-2H3. The van der Waals surface area contributed by atoms with Crippen molar-refractivity contribution >= 4 is 0 Å². The molecule has 1 heterocycles. The first-order valence-corrected chi connectivity index (χ1v) is 6.49. The van der Waals surface area contributed by atoms with Gasteiger partial charge in [-0.15, -0.1) is 0 Å². The fourth-order valence-corrected chi connectivity index (χ4v) is 1.76. The Bertz CT molecular complexity index is 529. The summed E-state index contributed by atoms with van der Waals surface area (Å²) in [5.74, 6) is 1.55. The van der Waals surface area contributed by atoms with Crippen LogP contribution >= 0.6 is 0 Å². The molecule has 0 bridgehead atoms. The lowest BCUT2D eigenvalue weighted by molar-refractivity contribution is 0.199. The van der Waals surface area contributed by atoms with Gasteiger partial charge in [0.25, 0.3) is 0 Å². The predicted molar refractivity (Wildman–Crippen MR) is 77.6 cm³/mol. The van der Waals surface area contributed by atoms with Gasteiger partial charge in [0.15, 0.2) is 5.82 Å². The molecule has 0 spiro atoms. The SMILES string of the molecule is COCCNCc1ccnc(-c2ccc(OC)cc2)n1. The zero-order valence-electron chi connectivity index (χ0n) is 11.8. The fourth-order valence-electron chi connectivity index (χ4n) is 1.76. The molecule has 0 saturated heterocycles. The van der Waals surface area contributed by atoms with Gasteiger partial charge in [0.05, 0.1) is 19.4 Å². The quantitative estimate of drug-likeness (QED) is 0.781. The van der Waals surface area contributed by atoms with Crippen molar-refractivity contribution < 1.29 is 9.47 Å². The summed E-state index contributed by atoms with van der Waals surface area (Å²) >= 11 is 0. The molecule has 1 N–H and O–H groups in total. The van der Waals surface area contributed by atoms with Crippen molar-refractivity contribution in [1.29, 1.82) is 0 Å². The maximum Gasteiger partial charge on any atom is 0.159 e. The molecule has 0 unspecified atom stereocenters. The number of methoxy groups -OCH3 is 2. The molecule has 5 nitrogen and oxygen atoms in total. The van der Waals surface area contributed by atoms with Crippen LogP contribution in [0, 0.1) is 0 Å². The first-order valence-electron chi connectivity index (χ1n) is 6.49. The molecule has 0 aliphatic carbocycles. The van der Waals surface area contributed by atoms with Gasteiger partial charge in [0, 0.05) is 32.0 Å². The van der Waals surface area contributed by atoms with Gasteiger partial charge in [-0.05, 0) is 30.3 Å². The van der Waals surface area contributed by atoms with E-state index >= 15 is 0 Å². The monoisotopic (exact) mass is 273 g/mol. The van der Waals surface area contributed by atoms with Gasteiger partial charge >= 0.3 is 0 Å². The van der Waals surface area contributed by atoms with Crippen LogP contribution in [0.1, 0.15) is 5.69 Å². The van der Waals surface area contributed by atoms with Crippen LogP contribution < -0.4 is 10.1 Å². The molecule has 106 valence electrons. The van der Waals surface area contributed by atoms with E-state index < -0.39 is 0 Å². The molecule has 2 rings (SSSR count). The van der Waals surface area contributed by atoms with Crippen molar-refractivity contribution in [1.82, 2.24) is 15.3 Å². The van der Waals surface area contributed by atoms with Gasteiger partial charge in [-0.25, -0.2) is 9.97 Å². The number of rotatable bonds is 7.